The fraction of sp³-hybridized carbons (Fsp3) is 0.0833. The van der Waals surface area contributed by atoms with Crippen molar-refractivity contribution in [2.24, 2.45) is 7.05 Å². The van der Waals surface area contributed by atoms with Crippen LogP contribution in [-0.4, -0.2) is 26.8 Å². The number of aryl methyl sites for hydroxylation is 1. The number of carbonyl (C=O) groups excluding carboxylic acids is 1. The molecule has 1 heterocycles. The second kappa shape index (κ2) is 5.11. The average molecular weight is 280 g/mol. The van der Waals surface area contributed by atoms with E-state index in [4.69, 9.17) is 16.7 Å². The van der Waals surface area contributed by atoms with Crippen molar-refractivity contribution in [1.29, 1.82) is 0 Å². The molecule has 0 spiro atoms. The number of carboxylic acid groups (broad SMARTS) is 1. The maximum absolute atomic E-state index is 11.9. The van der Waals surface area contributed by atoms with Gasteiger partial charge in [-0.2, -0.15) is 5.10 Å². The van der Waals surface area contributed by atoms with Crippen LogP contribution in [0.1, 0.15) is 20.8 Å². The van der Waals surface area contributed by atoms with E-state index in [1.807, 2.05) is 0 Å². The maximum atomic E-state index is 11.9. The number of amides is 1. The molecule has 0 aliphatic carbocycles. The maximum Gasteiger partial charge on any atom is 0.354 e. The van der Waals surface area contributed by atoms with Gasteiger partial charge in [-0.25, -0.2) is 4.79 Å². The number of benzene rings is 1. The summed E-state index contributed by atoms with van der Waals surface area (Å²) in [6.07, 6.45) is 0. The van der Waals surface area contributed by atoms with E-state index in [1.54, 1.807) is 24.3 Å². The van der Waals surface area contributed by atoms with Crippen molar-refractivity contribution in [3.63, 3.8) is 0 Å². The van der Waals surface area contributed by atoms with Crippen molar-refractivity contribution in [1.82, 2.24) is 9.78 Å². The molecule has 0 bridgehead atoms. The van der Waals surface area contributed by atoms with Crippen molar-refractivity contribution < 1.29 is 14.7 Å². The van der Waals surface area contributed by atoms with E-state index in [0.717, 1.165) is 0 Å². The first-order chi connectivity index (χ1) is 8.99. The second-order valence-corrected chi connectivity index (χ2v) is 4.18. The Kier molecular flexibility index (Phi) is 3.52. The van der Waals surface area contributed by atoms with Gasteiger partial charge in [-0.05, 0) is 12.1 Å². The molecule has 0 aliphatic rings. The Morgan fingerprint density at radius 2 is 2.05 bits per heavy atom. The molecule has 0 aliphatic heterocycles. The first-order valence-corrected chi connectivity index (χ1v) is 5.70. The van der Waals surface area contributed by atoms with Crippen LogP contribution in [-0.2, 0) is 7.05 Å². The van der Waals surface area contributed by atoms with Crippen LogP contribution in [0, 0.1) is 0 Å². The highest BCUT2D eigenvalue weighted by molar-refractivity contribution is 6.34. The monoisotopic (exact) mass is 279 g/mol. The minimum Gasteiger partial charge on any atom is -0.477 e. The first kappa shape index (κ1) is 13.1. The number of hydrogen-bond acceptors (Lipinski definition) is 3. The Bertz CT molecular complexity index is 651. The molecule has 0 saturated heterocycles. The summed E-state index contributed by atoms with van der Waals surface area (Å²) in [5.74, 6) is -1.40. The number of carbonyl (C=O) groups is 2. The normalized spacial score (nSPS) is 10.2. The van der Waals surface area contributed by atoms with Crippen LogP contribution in [0.2, 0.25) is 5.02 Å². The molecule has 2 aromatic rings. The fourth-order valence-electron chi connectivity index (χ4n) is 1.56. The van der Waals surface area contributed by atoms with E-state index in [1.165, 1.54) is 17.8 Å². The number of halogens is 1. The van der Waals surface area contributed by atoms with Crippen molar-refractivity contribution in [3.8, 4) is 0 Å². The second-order valence-electron chi connectivity index (χ2n) is 3.78. The highest BCUT2D eigenvalue weighted by Crippen LogP contribution is 2.17. The van der Waals surface area contributed by atoms with Gasteiger partial charge in [-0.15, -0.1) is 0 Å². The SMILES string of the molecule is Cn1nc(NC(=O)c2ccccc2Cl)cc1C(=O)O. The summed E-state index contributed by atoms with van der Waals surface area (Å²) in [5, 5.41) is 15.6. The van der Waals surface area contributed by atoms with Gasteiger partial charge in [-0.1, -0.05) is 23.7 Å². The molecule has 7 heteroatoms. The van der Waals surface area contributed by atoms with E-state index in [-0.39, 0.29) is 11.5 Å². The molecule has 2 rings (SSSR count). The zero-order valence-electron chi connectivity index (χ0n) is 9.92. The molecule has 0 radical (unpaired) electrons. The standard InChI is InChI=1S/C12H10ClN3O3/c1-16-9(12(18)19)6-10(15-16)14-11(17)7-4-2-3-5-8(7)13/h2-6H,1H3,(H,18,19)(H,14,15,17). The van der Waals surface area contributed by atoms with E-state index >= 15 is 0 Å². The molecule has 0 unspecified atom stereocenters. The minimum absolute atomic E-state index is 0.0190. The highest BCUT2D eigenvalue weighted by Gasteiger charge is 2.15. The number of nitrogens with zero attached hydrogens (tertiary/aromatic N) is 2. The Morgan fingerprint density at radius 3 is 2.63 bits per heavy atom. The molecule has 98 valence electrons. The third-order valence-corrected chi connectivity index (χ3v) is 2.79. The number of nitrogens with one attached hydrogen (secondary N) is 1. The van der Waals surface area contributed by atoms with Crippen molar-refractivity contribution in [3.05, 3.63) is 46.6 Å². The van der Waals surface area contributed by atoms with Crippen LogP contribution in [0.5, 0.6) is 0 Å². The molecular weight excluding hydrogens is 270 g/mol. The van der Waals surface area contributed by atoms with E-state index < -0.39 is 11.9 Å². The topological polar surface area (TPSA) is 84.2 Å². The molecule has 6 nitrogen and oxygen atoms in total. The van der Waals surface area contributed by atoms with Crippen LogP contribution in [0.4, 0.5) is 5.82 Å². The summed E-state index contributed by atoms with van der Waals surface area (Å²) in [6.45, 7) is 0. The molecule has 2 N–H and O–H groups in total. The van der Waals surface area contributed by atoms with Crippen LogP contribution in [0.25, 0.3) is 0 Å². The summed E-state index contributed by atoms with van der Waals surface area (Å²) in [7, 11) is 1.48. The van der Waals surface area contributed by atoms with E-state index in [9.17, 15) is 9.59 Å². The Morgan fingerprint density at radius 1 is 1.37 bits per heavy atom. The third-order valence-electron chi connectivity index (χ3n) is 2.46. The molecule has 1 aromatic carbocycles. The summed E-state index contributed by atoms with van der Waals surface area (Å²) in [5.41, 5.74) is 0.279. The predicted molar refractivity (Wildman–Crippen MR) is 69.6 cm³/mol. The van der Waals surface area contributed by atoms with Gasteiger partial charge in [0.25, 0.3) is 5.91 Å². The smallest absolute Gasteiger partial charge is 0.354 e. The zero-order valence-corrected chi connectivity index (χ0v) is 10.7. The summed E-state index contributed by atoms with van der Waals surface area (Å²) in [6, 6.07) is 7.83. The summed E-state index contributed by atoms with van der Waals surface area (Å²) >= 11 is 5.89. The fourth-order valence-corrected chi connectivity index (χ4v) is 1.78. The number of carboxylic acids is 1. The predicted octanol–water partition coefficient (Wildman–Crippen LogP) is 2.02. The zero-order chi connectivity index (χ0) is 14.0. The Balaban J connectivity index is 2.22. The number of aromatic nitrogens is 2. The lowest BCUT2D eigenvalue weighted by atomic mass is 10.2. The Hall–Kier alpha value is -2.34. The molecule has 0 atom stereocenters. The van der Waals surface area contributed by atoms with Crippen LogP contribution in [0.15, 0.2) is 30.3 Å². The highest BCUT2D eigenvalue weighted by atomic mass is 35.5. The van der Waals surface area contributed by atoms with Gasteiger partial charge in [0.1, 0.15) is 5.69 Å². The van der Waals surface area contributed by atoms with Gasteiger partial charge in [0.15, 0.2) is 5.82 Å². The third kappa shape index (κ3) is 2.74. The average Bonchev–Trinajstić information content (AvgIpc) is 2.70. The van der Waals surface area contributed by atoms with Gasteiger partial charge in [-0.3, -0.25) is 9.48 Å². The van der Waals surface area contributed by atoms with Crippen LogP contribution >= 0.6 is 11.6 Å². The molecule has 0 fully saturated rings. The molecule has 19 heavy (non-hydrogen) atoms. The molecule has 1 amide bonds. The van der Waals surface area contributed by atoms with E-state index in [0.29, 0.717) is 10.6 Å². The summed E-state index contributed by atoms with van der Waals surface area (Å²) in [4.78, 5) is 22.8. The number of anilines is 1. The molecule has 0 saturated carbocycles. The van der Waals surface area contributed by atoms with Crippen LogP contribution in [0.3, 0.4) is 0 Å². The Labute approximate surface area is 113 Å². The first-order valence-electron chi connectivity index (χ1n) is 5.32. The number of aromatic carboxylic acids is 1. The molecule has 1 aromatic heterocycles. The lowest BCUT2D eigenvalue weighted by Crippen LogP contribution is -2.12. The van der Waals surface area contributed by atoms with Crippen molar-refractivity contribution in [2.75, 3.05) is 5.32 Å². The van der Waals surface area contributed by atoms with E-state index in [2.05, 4.69) is 10.4 Å². The van der Waals surface area contributed by atoms with Gasteiger partial charge in [0.2, 0.25) is 0 Å². The quantitative estimate of drug-likeness (QED) is 0.900. The number of rotatable bonds is 3. The van der Waals surface area contributed by atoms with Crippen molar-refractivity contribution >= 4 is 29.3 Å². The molecular formula is C12H10ClN3O3. The number of hydrogen-bond donors (Lipinski definition) is 2. The summed E-state index contributed by atoms with van der Waals surface area (Å²) < 4.78 is 1.17. The minimum atomic E-state index is -1.12. The van der Waals surface area contributed by atoms with Crippen LogP contribution < -0.4 is 5.32 Å². The van der Waals surface area contributed by atoms with Gasteiger partial charge >= 0.3 is 5.97 Å². The lowest BCUT2D eigenvalue weighted by molar-refractivity contribution is 0.0684. The van der Waals surface area contributed by atoms with Gasteiger partial charge in [0.05, 0.1) is 10.6 Å². The lowest BCUT2D eigenvalue weighted by Gasteiger charge is -2.03. The van der Waals surface area contributed by atoms with Crippen molar-refractivity contribution in [2.45, 2.75) is 0 Å². The van der Waals surface area contributed by atoms with Gasteiger partial charge < -0.3 is 10.4 Å². The van der Waals surface area contributed by atoms with Gasteiger partial charge in [0, 0.05) is 13.1 Å². The largest absolute Gasteiger partial charge is 0.477 e.